The minimum absolute atomic E-state index is 0.111. The standard InChI is InChI=1S/C31H40BrFN4O2/c1-39-29-16-10-23(32)17-22(29)9-15-26-27(3-2-4-28(26)33)30(38)36-31(34)35-24-11-13-25(14-12-24)37(18-20-5-6-20)19-21-7-8-21/h2-4,10,16-17,20-21,24-25H,5-9,11-15,18-19H2,1H3,(H3,34,35,36,38). The molecular formula is C31H40BrFN4O2. The van der Waals surface area contributed by atoms with Crippen molar-refractivity contribution in [2.75, 3.05) is 20.2 Å². The predicted molar refractivity (Wildman–Crippen MR) is 157 cm³/mol. The first-order chi connectivity index (χ1) is 18.9. The van der Waals surface area contributed by atoms with E-state index in [-0.39, 0.29) is 17.6 Å². The van der Waals surface area contributed by atoms with Crippen LogP contribution in [0.15, 0.2) is 45.9 Å². The third-order valence-electron chi connectivity index (χ3n) is 8.38. The molecule has 0 aliphatic heterocycles. The fourth-order valence-corrected chi connectivity index (χ4v) is 6.24. The smallest absolute Gasteiger partial charge is 0.258 e. The lowest BCUT2D eigenvalue weighted by molar-refractivity contribution is 0.0974. The molecule has 5 rings (SSSR count). The van der Waals surface area contributed by atoms with Crippen LogP contribution in [-0.4, -0.2) is 49.0 Å². The Morgan fingerprint density at radius 1 is 1.05 bits per heavy atom. The molecule has 0 aromatic heterocycles. The Hall–Kier alpha value is -2.45. The summed E-state index contributed by atoms with van der Waals surface area (Å²) in [5.74, 6) is 1.83. The minimum atomic E-state index is -0.430. The molecule has 0 bridgehead atoms. The Morgan fingerprint density at radius 2 is 1.74 bits per heavy atom. The van der Waals surface area contributed by atoms with Crippen LogP contribution in [0.4, 0.5) is 4.39 Å². The number of nitrogens with two attached hydrogens (primary N) is 1. The Kier molecular flexibility index (Phi) is 9.23. The zero-order valence-corrected chi connectivity index (χ0v) is 24.4. The Morgan fingerprint density at radius 3 is 2.38 bits per heavy atom. The summed E-state index contributed by atoms with van der Waals surface area (Å²) in [6, 6.07) is 11.1. The number of methoxy groups -OCH3 is 1. The van der Waals surface area contributed by atoms with Crippen molar-refractivity contribution in [2.45, 2.75) is 76.3 Å². The van der Waals surface area contributed by atoms with Crippen molar-refractivity contribution in [3.8, 4) is 5.75 Å². The van der Waals surface area contributed by atoms with Gasteiger partial charge >= 0.3 is 0 Å². The van der Waals surface area contributed by atoms with E-state index in [9.17, 15) is 9.18 Å². The van der Waals surface area contributed by atoms with Crippen LogP contribution in [0.5, 0.6) is 5.75 Å². The molecule has 0 heterocycles. The van der Waals surface area contributed by atoms with Gasteiger partial charge < -0.3 is 10.5 Å². The van der Waals surface area contributed by atoms with Crippen LogP contribution < -0.4 is 15.8 Å². The summed E-state index contributed by atoms with van der Waals surface area (Å²) in [7, 11) is 1.61. The van der Waals surface area contributed by atoms with E-state index in [1.165, 1.54) is 44.8 Å². The molecule has 2 aromatic carbocycles. The predicted octanol–water partition coefficient (Wildman–Crippen LogP) is 5.86. The molecule has 3 aliphatic rings. The Balaban J connectivity index is 1.18. The minimum Gasteiger partial charge on any atom is -0.496 e. The number of guanidine groups is 1. The second-order valence-corrected chi connectivity index (χ2v) is 12.4. The van der Waals surface area contributed by atoms with Crippen LogP contribution in [-0.2, 0) is 12.8 Å². The molecule has 3 saturated carbocycles. The number of amides is 1. The summed E-state index contributed by atoms with van der Waals surface area (Å²) >= 11 is 3.48. The van der Waals surface area contributed by atoms with E-state index in [2.05, 4.69) is 31.1 Å². The van der Waals surface area contributed by atoms with Crippen molar-refractivity contribution in [1.82, 2.24) is 10.2 Å². The van der Waals surface area contributed by atoms with E-state index in [0.29, 0.717) is 24.4 Å². The number of benzene rings is 2. The number of aryl methyl sites for hydroxylation is 1. The SMILES string of the molecule is COc1ccc(Br)cc1CCc1c(F)cccc1C(=O)NC(N)=NC1CCC(N(CC2CC2)CC2CC2)CC1. The van der Waals surface area contributed by atoms with E-state index in [1.54, 1.807) is 19.2 Å². The monoisotopic (exact) mass is 598 g/mol. The zero-order chi connectivity index (χ0) is 27.4. The number of hydrogen-bond donors (Lipinski definition) is 2. The number of halogens is 2. The van der Waals surface area contributed by atoms with Gasteiger partial charge in [0.2, 0.25) is 0 Å². The molecule has 0 atom stereocenters. The van der Waals surface area contributed by atoms with Gasteiger partial charge in [0.15, 0.2) is 5.96 Å². The summed E-state index contributed by atoms with van der Waals surface area (Å²) < 4.78 is 21.2. The van der Waals surface area contributed by atoms with Crippen molar-refractivity contribution >= 4 is 27.8 Å². The summed E-state index contributed by atoms with van der Waals surface area (Å²) in [5.41, 5.74) is 7.76. The van der Waals surface area contributed by atoms with Crippen LogP contribution >= 0.6 is 15.9 Å². The van der Waals surface area contributed by atoms with Gasteiger partial charge in [-0.15, -0.1) is 0 Å². The molecule has 0 saturated heterocycles. The van der Waals surface area contributed by atoms with Gasteiger partial charge in [-0.1, -0.05) is 22.0 Å². The van der Waals surface area contributed by atoms with Crippen molar-refractivity contribution in [2.24, 2.45) is 22.6 Å². The summed E-state index contributed by atoms with van der Waals surface area (Å²) in [5, 5.41) is 2.72. The second kappa shape index (κ2) is 12.8. The van der Waals surface area contributed by atoms with Crippen LogP contribution in [0.25, 0.3) is 0 Å². The first-order valence-corrected chi connectivity index (χ1v) is 15.2. The average molecular weight is 600 g/mol. The molecule has 3 N–H and O–H groups in total. The number of aliphatic imine (C=N–C) groups is 1. The number of carbonyl (C=O) groups excluding carboxylic acids is 1. The van der Waals surface area contributed by atoms with Gasteiger partial charge in [-0.05, 0) is 112 Å². The Bertz CT molecular complexity index is 1180. The molecule has 6 nitrogen and oxygen atoms in total. The number of carbonyl (C=O) groups is 1. The van der Waals surface area contributed by atoms with Crippen LogP contribution in [0.1, 0.15) is 72.9 Å². The average Bonchev–Trinajstić information content (AvgIpc) is 3.85. The molecule has 1 amide bonds. The van der Waals surface area contributed by atoms with E-state index in [4.69, 9.17) is 10.5 Å². The van der Waals surface area contributed by atoms with Crippen LogP contribution in [0.3, 0.4) is 0 Å². The molecule has 0 radical (unpaired) electrons. The molecule has 0 unspecified atom stereocenters. The second-order valence-electron chi connectivity index (χ2n) is 11.5. The molecule has 2 aromatic rings. The Labute approximate surface area is 239 Å². The van der Waals surface area contributed by atoms with Crippen LogP contribution in [0.2, 0.25) is 0 Å². The van der Waals surface area contributed by atoms with Gasteiger partial charge in [-0.2, -0.15) is 0 Å². The first-order valence-electron chi connectivity index (χ1n) is 14.4. The number of hydrogen-bond acceptors (Lipinski definition) is 4. The lowest BCUT2D eigenvalue weighted by Gasteiger charge is -2.36. The summed E-state index contributed by atoms with van der Waals surface area (Å²) in [6.07, 6.45) is 10.6. The van der Waals surface area contributed by atoms with Gasteiger partial charge in [0.1, 0.15) is 11.6 Å². The number of nitrogens with one attached hydrogen (secondary N) is 1. The first kappa shape index (κ1) is 28.1. The highest BCUT2D eigenvalue weighted by Crippen LogP contribution is 2.37. The van der Waals surface area contributed by atoms with Crippen molar-refractivity contribution in [1.29, 1.82) is 0 Å². The van der Waals surface area contributed by atoms with Crippen molar-refractivity contribution in [3.63, 3.8) is 0 Å². The zero-order valence-electron chi connectivity index (χ0n) is 22.8. The van der Waals surface area contributed by atoms with Gasteiger partial charge in [0, 0.05) is 34.7 Å². The highest BCUT2D eigenvalue weighted by atomic mass is 79.9. The third-order valence-corrected chi connectivity index (χ3v) is 8.87. The number of rotatable bonds is 11. The topological polar surface area (TPSA) is 79.9 Å². The molecule has 39 heavy (non-hydrogen) atoms. The third kappa shape index (κ3) is 7.82. The lowest BCUT2D eigenvalue weighted by atomic mass is 9.90. The highest BCUT2D eigenvalue weighted by Gasteiger charge is 2.34. The summed E-state index contributed by atoms with van der Waals surface area (Å²) in [6.45, 7) is 2.52. The molecule has 0 spiro atoms. The molecular weight excluding hydrogens is 559 g/mol. The number of ether oxygens (including phenoxy) is 1. The lowest BCUT2D eigenvalue weighted by Crippen LogP contribution is -2.42. The van der Waals surface area contributed by atoms with Crippen molar-refractivity contribution < 1.29 is 13.9 Å². The van der Waals surface area contributed by atoms with E-state index >= 15 is 0 Å². The van der Waals surface area contributed by atoms with E-state index in [1.807, 2.05) is 18.2 Å². The maximum atomic E-state index is 14.9. The van der Waals surface area contributed by atoms with E-state index in [0.717, 1.165) is 53.3 Å². The van der Waals surface area contributed by atoms with Gasteiger partial charge in [0.25, 0.3) is 5.91 Å². The molecule has 210 valence electrons. The van der Waals surface area contributed by atoms with Crippen LogP contribution in [0, 0.1) is 17.7 Å². The van der Waals surface area contributed by atoms with Gasteiger partial charge in [0.05, 0.1) is 13.2 Å². The fourth-order valence-electron chi connectivity index (χ4n) is 5.83. The quantitative estimate of drug-likeness (QED) is 0.251. The van der Waals surface area contributed by atoms with E-state index < -0.39 is 11.7 Å². The maximum absolute atomic E-state index is 14.9. The molecule has 3 aliphatic carbocycles. The normalized spacial score (nSPS) is 21.7. The van der Waals surface area contributed by atoms with Gasteiger partial charge in [-0.25, -0.2) is 9.38 Å². The van der Waals surface area contributed by atoms with Crippen molar-refractivity contribution in [3.05, 3.63) is 63.4 Å². The molecule has 3 fully saturated rings. The maximum Gasteiger partial charge on any atom is 0.258 e. The summed E-state index contributed by atoms with van der Waals surface area (Å²) in [4.78, 5) is 20.5. The number of nitrogens with zero attached hydrogens (tertiary/aromatic N) is 2. The van der Waals surface area contributed by atoms with Gasteiger partial charge in [-0.3, -0.25) is 15.0 Å². The largest absolute Gasteiger partial charge is 0.496 e. The highest BCUT2D eigenvalue weighted by molar-refractivity contribution is 9.10. The molecule has 8 heteroatoms. The fraction of sp³-hybridized carbons (Fsp3) is 0.548.